The van der Waals surface area contributed by atoms with E-state index in [2.05, 4.69) is 37.5 Å². The molecule has 0 saturated carbocycles. The smallest absolute Gasteiger partial charge is 0.475 e. The van der Waals surface area contributed by atoms with Crippen LogP contribution in [-0.4, -0.2) is 121 Å². The topological polar surface area (TPSA) is 126 Å². The van der Waals surface area contributed by atoms with Crippen LogP contribution < -0.4 is 15.5 Å². The van der Waals surface area contributed by atoms with Crippen LogP contribution in [0.25, 0.3) is 0 Å². The van der Waals surface area contributed by atoms with E-state index < -0.39 is 18.2 Å². The minimum absolute atomic E-state index is 0.101. The standard InChI is InChI=1S/C29H42N6O3.C2HF3O2/c36-27-4-3-26(28(37)31-27)35-20-23-17-24(1-2-25(23)29(35)38)34-11-7-22(8-12-34)19-33-15-13-32(14-16-33)18-21-5-9-30-10-6-21;3-2(4,5)1(6)7/h1-2,17,21-22,26,30H,3-16,18-20H2,(H,31,36,37);(H,6,7). The number of alkyl halides is 3. The van der Waals surface area contributed by atoms with Gasteiger partial charge in [0.25, 0.3) is 5.91 Å². The van der Waals surface area contributed by atoms with Gasteiger partial charge in [-0.1, -0.05) is 0 Å². The molecule has 3 N–H and O–H groups in total. The molecule has 0 aliphatic carbocycles. The monoisotopic (exact) mass is 636 g/mol. The van der Waals surface area contributed by atoms with Crippen LogP contribution in [0.5, 0.6) is 0 Å². The number of benzene rings is 1. The number of nitrogens with zero attached hydrogens (tertiary/aromatic N) is 4. The van der Waals surface area contributed by atoms with Crippen LogP contribution in [0.15, 0.2) is 18.2 Å². The van der Waals surface area contributed by atoms with Gasteiger partial charge in [0.15, 0.2) is 0 Å². The highest BCUT2D eigenvalue weighted by atomic mass is 19.4. The van der Waals surface area contributed by atoms with Crippen molar-refractivity contribution < 1.29 is 37.5 Å². The summed E-state index contributed by atoms with van der Waals surface area (Å²) in [5.41, 5.74) is 2.85. The highest BCUT2D eigenvalue weighted by Gasteiger charge is 2.40. The number of nitrogens with one attached hydrogen (secondary N) is 2. The Morgan fingerprint density at radius 3 is 2.00 bits per heavy atom. The SMILES string of the molecule is O=C(O)C(F)(F)F.O=C1CCC(N2Cc3cc(N4CCC(CN5CCN(CC6CCNCC6)CC5)CC4)ccc3C2=O)C(=O)N1. The Hall–Kier alpha value is -3.23. The number of rotatable bonds is 6. The number of hydrogen-bond acceptors (Lipinski definition) is 8. The Morgan fingerprint density at radius 2 is 1.44 bits per heavy atom. The van der Waals surface area contributed by atoms with E-state index in [-0.39, 0.29) is 24.1 Å². The summed E-state index contributed by atoms with van der Waals surface area (Å²) in [7, 11) is 0. The fraction of sp³-hybridized carbons (Fsp3) is 0.677. The number of hydrogen-bond donors (Lipinski definition) is 3. The number of carbonyl (C=O) groups is 4. The summed E-state index contributed by atoms with van der Waals surface area (Å²) < 4.78 is 31.7. The Balaban J connectivity index is 0.000000515. The maximum absolute atomic E-state index is 13.0. The predicted molar refractivity (Wildman–Crippen MR) is 160 cm³/mol. The van der Waals surface area contributed by atoms with Crippen molar-refractivity contribution in [3.05, 3.63) is 29.3 Å². The normalized spacial score (nSPS) is 24.2. The Bertz CT molecular complexity index is 1240. The van der Waals surface area contributed by atoms with Crippen LogP contribution >= 0.6 is 0 Å². The molecule has 0 radical (unpaired) electrons. The fourth-order valence-electron chi connectivity index (χ4n) is 7.08. The van der Waals surface area contributed by atoms with E-state index in [9.17, 15) is 27.6 Å². The van der Waals surface area contributed by atoms with E-state index in [0.29, 0.717) is 18.5 Å². The van der Waals surface area contributed by atoms with E-state index in [1.54, 1.807) is 4.90 Å². The number of carboxylic acid groups (broad SMARTS) is 1. The first-order valence-electron chi connectivity index (χ1n) is 16.0. The van der Waals surface area contributed by atoms with Gasteiger partial charge in [0, 0.05) is 76.6 Å². The van der Waals surface area contributed by atoms with Gasteiger partial charge in [0.2, 0.25) is 11.8 Å². The molecule has 5 aliphatic rings. The van der Waals surface area contributed by atoms with Crippen LogP contribution in [0.3, 0.4) is 0 Å². The van der Waals surface area contributed by atoms with Crippen molar-refractivity contribution in [3.63, 3.8) is 0 Å². The molecule has 5 heterocycles. The Morgan fingerprint density at radius 1 is 0.867 bits per heavy atom. The van der Waals surface area contributed by atoms with Crippen LogP contribution in [0, 0.1) is 11.8 Å². The summed E-state index contributed by atoms with van der Waals surface area (Å²) in [6.45, 7) is 12.2. The zero-order valence-corrected chi connectivity index (χ0v) is 25.5. The minimum atomic E-state index is -5.08. The lowest BCUT2D eigenvalue weighted by Gasteiger charge is -2.40. The summed E-state index contributed by atoms with van der Waals surface area (Å²) in [5, 5.41) is 13.0. The number of piperidine rings is 3. The van der Waals surface area contributed by atoms with Crippen molar-refractivity contribution in [1.29, 1.82) is 0 Å². The van der Waals surface area contributed by atoms with Crippen molar-refractivity contribution in [2.75, 3.05) is 70.3 Å². The number of amides is 3. The lowest BCUT2D eigenvalue weighted by Crippen LogP contribution is -2.52. The first kappa shape index (κ1) is 33.1. The second-order valence-electron chi connectivity index (χ2n) is 12.8. The fourth-order valence-corrected chi connectivity index (χ4v) is 7.08. The van der Waals surface area contributed by atoms with E-state index in [0.717, 1.165) is 30.5 Å². The molecule has 0 aromatic heterocycles. The molecule has 0 bridgehead atoms. The van der Waals surface area contributed by atoms with Crippen molar-refractivity contribution in [2.24, 2.45) is 11.8 Å². The van der Waals surface area contributed by atoms with Crippen LogP contribution in [0.1, 0.15) is 54.4 Å². The number of carbonyl (C=O) groups excluding carboxylic acids is 3. The molecular weight excluding hydrogens is 593 g/mol. The first-order chi connectivity index (χ1) is 21.5. The average molecular weight is 637 g/mol. The van der Waals surface area contributed by atoms with Crippen LogP contribution in [0.4, 0.5) is 18.9 Å². The van der Waals surface area contributed by atoms with E-state index >= 15 is 0 Å². The molecule has 1 unspecified atom stereocenters. The molecule has 1 aromatic carbocycles. The molecule has 5 aliphatic heterocycles. The van der Waals surface area contributed by atoms with Gasteiger partial charge >= 0.3 is 12.1 Å². The summed E-state index contributed by atoms with van der Waals surface area (Å²) in [6, 6.07) is 5.57. The largest absolute Gasteiger partial charge is 0.490 e. The number of carboxylic acids is 1. The van der Waals surface area contributed by atoms with Gasteiger partial charge in [-0.25, -0.2) is 4.79 Å². The summed E-state index contributed by atoms with van der Waals surface area (Å²) in [5.74, 6) is -1.84. The summed E-state index contributed by atoms with van der Waals surface area (Å²) in [6.07, 6.45) is 0.666. The number of fused-ring (bicyclic) bond motifs is 1. The Labute approximate surface area is 261 Å². The van der Waals surface area contributed by atoms with Crippen LogP contribution in [0.2, 0.25) is 0 Å². The molecule has 0 spiro atoms. The molecule has 4 saturated heterocycles. The van der Waals surface area contributed by atoms with Gasteiger partial charge in [-0.15, -0.1) is 0 Å². The molecule has 4 fully saturated rings. The van der Waals surface area contributed by atoms with E-state index in [1.807, 2.05) is 6.07 Å². The molecule has 3 amide bonds. The zero-order valence-electron chi connectivity index (χ0n) is 25.5. The zero-order chi connectivity index (χ0) is 32.1. The van der Waals surface area contributed by atoms with Gasteiger partial charge in [-0.05, 0) is 80.8 Å². The molecule has 45 heavy (non-hydrogen) atoms. The minimum Gasteiger partial charge on any atom is -0.475 e. The number of piperazine rings is 1. The number of imide groups is 1. The molecule has 14 heteroatoms. The van der Waals surface area contributed by atoms with Crippen LogP contribution in [-0.2, 0) is 20.9 Å². The lowest BCUT2D eigenvalue weighted by molar-refractivity contribution is -0.192. The van der Waals surface area contributed by atoms with Gasteiger partial charge in [-0.2, -0.15) is 13.2 Å². The van der Waals surface area contributed by atoms with Crippen molar-refractivity contribution >= 4 is 29.4 Å². The van der Waals surface area contributed by atoms with Crippen molar-refractivity contribution in [2.45, 2.75) is 57.3 Å². The summed E-state index contributed by atoms with van der Waals surface area (Å²) >= 11 is 0. The third-order valence-corrected chi connectivity index (χ3v) is 9.69. The molecule has 1 aromatic rings. The Kier molecular flexibility index (Phi) is 10.7. The highest BCUT2D eigenvalue weighted by molar-refractivity contribution is 6.05. The van der Waals surface area contributed by atoms with Crippen molar-refractivity contribution in [3.8, 4) is 0 Å². The molecular formula is C31H43F3N6O5. The molecule has 248 valence electrons. The quantitative estimate of drug-likeness (QED) is 0.402. The molecule has 11 nitrogen and oxygen atoms in total. The van der Waals surface area contributed by atoms with Gasteiger partial charge in [-0.3, -0.25) is 19.7 Å². The second-order valence-corrected chi connectivity index (χ2v) is 12.8. The highest BCUT2D eigenvalue weighted by Crippen LogP contribution is 2.32. The van der Waals surface area contributed by atoms with Gasteiger partial charge in [0.1, 0.15) is 6.04 Å². The van der Waals surface area contributed by atoms with Gasteiger partial charge in [0.05, 0.1) is 0 Å². The second kappa shape index (κ2) is 14.5. The maximum Gasteiger partial charge on any atom is 0.490 e. The maximum atomic E-state index is 13.0. The third kappa shape index (κ3) is 8.53. The lowest BCUT2D eigenvalue weighted by atomic mass is 9.95. The summed E-state index contributed by atoms with van der Waals surface area (Å²) in [4.78, 5) is 55.2. The third-order valence-electron chi connectivity index (χ3n) is 9.69. The van der Waals surface area contributed by atoms with Crippen molar-refractivity contribution in [1.82, 2.24) is 25.3 Å². The molecule has 1 atom stereocenters. The first-order valence-corrected chi connectivity index (χ1v) is 16.0. The average Bonchev–Trinajstić information content (AvgIpc) is 3.34. The number of anilines is 1. The van der Waals surface area contributed by atoms with Gasteiger partial charge < -0.3 is 30.0 Å². The van der Waals surface area contributed by atoms with E-state index in [1.165, 1.54) is 83.7 Å². The number of aliphatic carboxylic acids is 1. The van der Waals surface area contributed by atoms with E-state index in [4.69, 9.17) is 9.90 Å². The predicted octanol–water partition coefficient (Wildman–Crippen LogP) is 1.91. The molecule has 6 rings (SSSR count). The number of halogens is 3.